The molecule has 0 fully saturated rings. The zero-order valence-electron chi connectivity index (χ0n) is 2.75. The summed E-state index contributed by atoms with van der Waals surface area (Å²) in [6.45, 7) is -0.250. The highest BCUT2D eigenvalue weighted by atomic mass is 16.6. The molecule has 36 valence electrons. The van der Waals surface area contributed by atoms with E-state index in [1.807, 2.05) is 0 Å². The standard InChI is InChI=1S/CH2O2.HNO2/c2*2-1-3/h1H,(H,2,3);1H. The average molecular weight is 93.0 g/mol. The molecule has 0 aliphatic heterocycles. The smallest absolute Gasteiger partial charge is 0.290 e. The second kappa shape index (κ2) is 42.1. The molecular weight excluding hydrogens is 90.0 g/mol. The molecule has 0 spiro atoms. The van der Waals surface area contributed by atoms with Crippen LogP contribution in [0.1, 0.15) is 0 Å². The Kier molecular flexibility index (Phi) is 62.2. The van der Waals surface area contributed by atoms with Crippen molar-refractivity contribution in [2.24, 2.45) is 0 Å². The summed E-state index contributed by atoms with van der Waals surface area (Å²) in [6.07, 6.45) is 0. The van der Waals surface area contributed by atoms with E-state index < -0.39 is 0 Å². The summed E-state index contributed by atoms with van der Waals surface area (Å²) in [5.74, 6) is 0. The molecule has 0 aromatic rings. The van der Waals surface area contributed by atoms with Crippen LogP contribution in [0.3, 0.4) is 0 Å². The van der Waals surface area contributed by atoms with Crippen LogP contribution in [0.5, 0.6) is 0 Å². The quantitative estimate of drug-likeness (QED) is 0.206. The van der Waals surface area contributed by atoms with Crippen LogP contribution in [0.25, 0.3) is 0 Å². The van der Waals surface area contributed by atoms with Gasteiger partial charge in [0, 0.05) is 5.34 Å². The molecule has 0 bridgehead atoms. The molecule has 5 heteroatoms. The third kappa shape index (κ3) is 7.86. The van der Waals surface area contributed by atoms with Gasteiger partial charge in [0.25, 0.3) is 6.47 Å². The first-order chi connectivity index (χ1) is 2.83. The molecule has 0 amide bonds. The average Bonchev–Trinajstić information content (AvgIpc) is 1.39. The molecule has 5 nitrogen and oxygen atoms in total. The van der Waals surface area contributed by atoms with E-state index in [1.54, 1.807) is 0 Å². The van der Waals surface area contributed by atoms with Gasteiger partial charge in [-0.1, -0.05) is 0 Å². The maximum atomic E-state index is 8.36. The summed E-state index contributed by atoms with van der Waals surface area (Å²) in [5.41, 5.74) is 0. The lowest BCUT2D eigenvalue weighted by Gasteiger charge is -1.36. The largest absolute Gasteiger partial charge is 0.483 e. The van der Waals surface area contributed by atoms with Gasteiger partial charge in [0.1, 0.15) is 0 Å². The maximum absolute atomic E-state index is 8.36. The van der Waals surface area contributed by atoms with Gasteiger partial charge >= 0.3 is 0 Å². The van der Waals surface area contributed by atoms with Crippen LogP contribution in [0.15, 0.2) is 0 Å². The molecule has 0 rings (SSSR count). The number of nitrogens with one attached hydrogen (secondary N) is 1. The van der Waals surface area contributed by atoms with Crippen LogP contribution >= 0.6 is 0 Å². The van der Waals surface area contributed by atoms with E-state index in [0.717, 1.165) is 0 Å². The highest BCUT2D eigenvalue weighted by Gasteiger charge is 1.22. The topological polar surface area (TPSA) is 91.4 Å². The Morgan fingerprint density at radius 3 is 1.83 bits per heavy atom. The Hall–Kier alpha value is -1.13. The van der Waals surface area contributed by atoms with Gasteiger partial charge in [0.2, 0.25) is 0 Å². The van der Waals surface area contributed by atoms with Crippen molar-refractivity contribution in [1.82, 2.24) is 0 Å². The number of carboxylic acid groups (broad SMARTS) is 1. The van der Waals surface area contributed by atoms with Gasteiger partial charge < -0.3 is 5.11 Å². The molecule has 2 N–H and O–H groups in total. The molecule has 0 unspecified atom stereocenters. The number of hydrogen-bond donors (Lipinski definition) is 2. The summed E-state index contributed by atoms with van der Waals surface area (Å²) in [6, 6.07) is 0. The predicted molar refractivity (Wildman–Crippen MR) is 16.4 cm³/mol. The minimum Gasteiger partial charge on any atom is -0.483 e. The Morgan fingerprint density at radius 1 is 1.83 bits per heavy atom. The fraction of sp³-hybridized carbons (Fsp3) is 0. The molecule has 0 aromatic heterocycles. The van der Waals surface area contributed by atoms with Crippen LogP contribution < -0.4 is 5.34 Å². The lowest BCUT2D eigenvalue weighted by Crippen LogP contribution is -2.53. The number of carbonyl (C=O) groups is 1. The van der Waals surface area contributed by atoms with E-state index in [9.17, 15) is 0 Å². The zero-order chi connectivity index (χ0) is 5.41. The summed E-state index contributed by atoms with van der Waals surface area (Å²) in [7, 11) is 0. The van der Waals surface area contributed by atoms with Crippen molar-refractivity contribution in [3.63, 3.8) is 0 Å². The maximum Gasteiger partial charge on any atom is 0.290 e. The van der Waals surface area contributed by atoms with Gasteiger partial charge in [-0.05, 0) is 0 Å². The van der Waals surface area contributed by atoms with Crippen molar-refractivity contribution in [2.75, 3.05) is 0 Å². The van der Waals surface area contributed by atoms with E-state index in [1.165, 1.54) is 0 Å². The van der Waals surface area contributed by atoms with Crippen molar-refractivity contribution < 1.29 is 15.2 Å². The van der Waals surface area contributed by atoms with Crippen LogP contribution in [0, 0.1) is 10.1 Å². The second-order valence-corrected chi connectivity index (χ2v) is 0.189. The summed E-state index contributed by atoms with van der Waals surface area (Å²) in [5, 5.41) is 15.3. The lowest BCUT2D eigenvalue weighted by molar-refractivity contribution is -0.398. The molecule has 0 aromatic carbocycles. The van der Waals surface area contributed by atoms with Crippen molar-refractivity contribution in [3.8, 4) is 0 Å². The molecule has 0 saturated carbocycles. The third-order valence-corrected chi connectivity index (χ3v) is 0. The molecule has 0 heterocycles. The van der Waals surface area contributed by atoms with Gasteiger partial charge in [0.05, 0.1) is 0 Å². The summed E-state index contributed by atoms with van der Waals surface area (Å²) < 4.78 is 0. The first-order valence-electron chi connectivity index (χ1n) is 0.902. The van der Waals surface area contributed by atoms with E-state index in [0.29, 0.717) is 0 Å². The number of rotatable bonds is 0. The van der Waals surface area contributed by atoms with E-state index >= 15 is 0 Å². The minimum atomic E-state index is -0.250. The van der Waals surface area contributed by atoms with Gasteiger partial charge in [-0.15, -0.1) is 0 Å². The molecule has 0 radical (unpaired) electrons. The van der Waals surface area contributed by atoms with Crippen LogP contribution in [-0.2, 0) is 4.79 Å². The van der Waals surface area contributed by atoms with E-state index in [2.05, 4.69) is 0 Å². The molecule has 0 atom stereocenters. The predicted octanol–water partition coefficient (Wildman–Crippen LogP) is -1.97. The fourth-order valence-electron chi connectivity index (χ4n) is 0. The van der Waals surface area contributed by atoms with Crippen LogP contribution in [-0.4, -0.2) is 11.6 Å². The Morgan fingerprint density at radius 2 is 1.83 bits per heavy atom. The molecule has 0 aliphatic carbocycles. The third-order valence-electron chi connectivity index (χ3n) is 0. The first-order valence-corrected chi connectivity index (χ1v) is 0.902. The zero-order valence-corrected chi connectivity index (χ0v) is 2.75. The molecule has 0 saturated heterocycles. The van der Waals surface area contributed by atoms with Crippen molar-refractivity contribution >= 4 is 6.47 Å². The number of hydrogen-bond acceptors (Lipinski definition) is 3. The Balaban J connectivity index is 0. The first kappa shape index (κ1) is 8.85. The van der Waals surface area contributed by atoms with Gasteiger partial charge in [-0.25, -0.2) is 0 Å². The lowest BCUT2D eigenvalue weighted by atomic mass is 11.7. The van der Waals surface area contributed by atoms with Crippen molar-refractivity contribution in [3.05, 3.63) is 10.1 Å². The summed E-state index contributed by atoms with van der Waals surface area (Å²) in [4.78, 5) is 16.5. The molecule has 0 aliphatic rings. The Labute approximate surface area is 33.1 Å². The van der Waals surface area contributed by atoms with Crippen molar-refractivity contribution in [1.29, 1.82) is 0 Å². The van der Waals surface area contributed by atoms with Crippen molar-refractivity contribution in [2.45, 2.75) is 0 Å². The monoisotopic (exact) mass is 93.0 g/mol. The van der Waals surface area contributed by atoms with Gasteiger partial charge in [-0.3, -0.25) is 14.9 Å². The fourth-order valence-corrected chi connectivity index (χ4v) is 0. The molecular formula is CH3NO4. The highest BCUT2D eigenvalue weighted by Crippen LogP contribution is 0.966. The summed E-state index contributed by atoms with van der Waals surface area (Å²) >= 11 is 0. The second-order valence-electron chi connectivity index (χ2n) is 0.189. The van der Waals surface area contributed by atoms with Crippen LogP contribution in [0.2, 0.25) is 0 Å². The van der Waals surface area contributed by atoms with Gasteiger partial charge in [-0.2, -0.15) is 0 Å². The Bertz CT molecular complexity index is 28.5. The van der Waals surface area contributed by atoms with E-state index in [4.69, 9.17) is 20.0 Å². The highest BCUT2D eigenvalue weighted by molar-refractivity contribution is 5.32. The molecule has 6 heavy (non-hydrogen) atoms. The minimum absolute atomic E-state index is 0.250. The van der Waals surface area contributed by atoms with Gasteiger partial charge in [0.15, 0.2) is 0 Å². The van der Waals surface area contributed by atoms with E-state index in [-0.39, 0.29) is 11.8 Å². The normalized spacial score (nSPS) is 4.00. The SMILES string of the molecule is O=CO.O=[NH+][O-]. The van der Waals surface area contributed by atoms with Crippen LogP contribution in [0.4, 0.5) is 0 Å².